The molecule has 2 atom stereocenters. The van der Waals surface area contributed by atoms with Crippen molar-refractivity contribution in [2.45, 2.75) is 72.6 Å². The number of nitrogens with zero attached hydrogens (tertiary/aromatic N) is 1. The summed E-state index contributed by atoms with van der Waals surface area (Å²) in [5.41, 5.74) is 1.82. The third kappa shape index (κ3) is 10.0. The minimum absolute atomic E-state index is 0.0395. The van der Waals surface area contributed by atoms with Crippen molar-refractivity contribution in [2.24, 2.45) is 0 Å². The van der Waals surface area contributed by atoms with Gasteiger partial charge in [-0.15, -0.1) is 10.1 Å². The third-order valence-electron chi connectivity index (χ3n) is 4.94. The summed E-state index contributed by atoms with van der Waals surface area (Å²) in [6.07, 6.45) is -1.79. The number of aliphatic hydroxyl groups is 1. The lowest BCUT2D eigenvalue weighted by Gasteiger charge is -2.28. The molecule has 0 saturated carbocycles. The van der Waals surface area contributed by atoms with Gasteiger partial charge in [0, 0.05) is 25.6 Å². The molecule has 0 saturated heterocycles. The number of β-amino-alcohol motifs (C(OH)–C–C–N with tert-alkyl or cyclic N) is 1. The first-order valence-electron chi connectivity index (χ1n) is 10.6. The number of aliphatic hydroxyl groups excluding tert-OH is 1. The summed E-state index contributed by atoms with van der Waals surface area (Å²) in [4.78, 5) is 37.8. The average molecular weight is 470 g/mol. The van der Waals surface area contributed by atoms with Gasteiger partial charge in [-0.3, -0.25) is 9.59 Å². The van der Waals surface area contributed by atoms with Gasteiger partial charge in [0.15, 0.2) is 0 Å². The van der Waals surface area contributed by atoms with Crippen molar-refractivity contribution in [2.75, 3.05) is 19.7 Å². The number of nitrogens with one attached hydrogen (secondary N) is 2. The molecule has 11 heteroatoms. The van der Waals surface area contributed by atoms with Gasteiger partial charge in [0.1, 0.15) is 30.3 Å². The Morgan fingerprint density at radius 2 is 1.88 bits per heavy atom. The number of aryl methyl sites for hydroxylation is 1. The molecule has 1 amide bonds. The maximum atomic E-state index is 11.9. The molecule has 1 rings (SSSR count). The maximum absolute atomic E-state index is 11.9. The lowest BCUT2D eigenvalue weighted by molar-refractivity contribution is -0.767. The van der Waals surface area contributed by atoms with Crippen LogP contribution in [-0.4, -0.2) is 59.5 Å². The average Bonchev–Trinajstić information content (AvgIpc) is 2.69. The highest BCUT2D eigenvalue weighted by molar-refractivity contribution is 5.76. The first-order valence-corrected chi connectivity index (χ1v) is 10.6. The first-order chi connectivity index (χ1) is 15.2. The number of carbonyl (C=O) groups is 2. The smallest absolute Gasteiger partial charge is 0.308 e. The molecule has 0 radical (unpaired) electrons. The van der Waals surface area contributed by atoms with Crippen LogP contribution in [0.5, 0.6) is 11.5 Å². The molecule has 2 unspecified atom stereocenters. The summed E-state index contributed by atoms with van der Waals surface area (Å²) in [5, 5.41) is 25.6. The lowest BCUT2D eigenvalue weighted by atomic mass is 10.0. The van der Waals surface area contributed by atoms with Gasteiger partial charge in [0.2, 0.25) is 5.91 Å². The third-order valence-corrected chi connectivity index (χ3v) is 4.94. The Balaban J connectivity index is 2.53. The van der Waals surface area contributed by atoms with E-state index < -0.39 is 28.8 Å². The monoisotopic (exact) mass is 469 g/mol. The second-order valence-corrected chi connectivity index (χ2v) is 8.71. The highest BCUT2D eigenvalue weighted by atomic mass is 17.0. The molecule has 0 bridgehead atoms. The van der Waals surface area contributed by atoms with Crippen LogP contribution in [0.4, 0.5) is 0 Å². The fraction of sp³-hybridized carbons (Fsp3) is 0.636. The van der Waals surface area contributed by atoms with Gasteiger partial charge in [-0.2, -0.15) is 0 Å². The van der Waals surface area contributed by atoms with E-state index in [-0.39, 0.29) is 32.0 Å². The minimum atomic E-state index is -0.925. The zero-order valence-corrected chi connectivity index (χ0v) is 20.3. The van der Waals surface area contributed by atoms with Gasteiger partial charge in [0.25, 0.3) is 5.09 Å². The number of carbonyl (C=O) groups excluding carboxylic acids is 2. The molecule has 0 aromatic heterocycles. The van der Waals surface area contributed by atoms with Crippen molar-refractivity contribution in [3.63, 3.8) is 0 Å². The van der Waals surface area contributed by atoms with Crippen LogP contribution in [-0.2, 0) is 14.4 Å². The molecule has 0 aliphatic heterocycles. The number of rotatable bonds is 13. The standard InChI is InChI=1S/C22H35N3O8/c1-13-8-19(15(3)16(4)21(13)32-17(5)26)31-11-18(27)10-24-22(6,7)12-23-20(28)9-14(2)33-25(29)30/h8,14,18,24,27H,9-12H2,1-7H3,(H,23,28). The summed E-state index contributed by atoms with van der Waals surface area (Å²) in [5.74, 6) is 0.339. The van der Waals surface area contributed by atoms with Crippen LogP contribution in [0.3, 0.4) is 0 Å². The summed E-state index contributed by atoms with van der Waals surface area (Å²) in [6.45, 7) is 12.5. The van der Waals surface area contributed by atoms with E-state index in [1.54, 1.807) is 6.07 Å². The van der Waals surface area contributed by atoms with Gasteiger partial charge in [-0.05, 0) is 64.3 Å². The van der Waals surface area contributed by atoms with Crippen LogP contribution in [0.2, 0.25) is 0 Å². The molecule has 1 aromatic rings. The fourth-order valence-corrected chi connectivity index (χ4v) is 3.01. The molecule has 33 heavy (non-hydrogen) atoms. The summed E-state index contributed by atoms with van der Waals surface area (Å²) in [6, 6.07) is 1.77. The first kappa shape index (κ1) is 28.1. The van der Waals surface area contributed by atoms with E-state index in [1.807, 2.05) is 34.6 Å². The Kier molecular flexibility index (Phi) is 10.5. The quantitative estimate of drug-likeness (QED) is 0.170. The SMILES string of the molecule is CC(=O)Oc1c(C)cc(OCC(O)CNC(C)(C)CNC(=O)CC(C)O[N+](=O)[O-])c(C)c1C. The van der Waals surface area contributed by atoms with Gasteiger partial charge >= 0.3 is 5.97 Å². The minimum Gasteiger partial charge on any atom is -0.491 e. The Hall–Kier alpha value is -2.92. The zero-order valence-electron chi connectivity index (χ0n) is 20.3. The normalized spacial score (nSPS) is 13.1. The Morgan fingerprint density at radius 1 is 1.24 bits per heavy atom. The topological polar surface area (TPSA) is 149 Å². The highest BCUT2D eigenvalue weighted by Gasteiger charge is 2.21. The molecule has 0 aliphatic rings. The van der Waals surface area contributed by atoms with Crippen LogP contribution in [0.15, 0.2) is 6.07 Å². The van der Waals surface area contributed by atoms with E-state index in [4.69, 9.17) is 9.47 Å². The molecule has 11 nitrogen and oxygen atoms in total. The lowest BCUT2D eigenvalue weighted by Crippen LogP contribution is -2.52. The number of amides is 1. The van der Waals surface area contributed by atoms with Crippen LogP contribution < -0.4 is 20.1 Å². The van der Waals surface area contributed by atoms with Gasteiger partial charge in [-0.1, -0.05) is 0 Å². The number of esters is 1. The molecule has 1 aromatic carbocycles. The van der Waals surface area contributed by atoms with Crippen molar-refractivity contribution in [1.82, 2.24) is 10.6 Å². The van der Waals surface area contributed by atoms with Crippen molar-refractivity contribution < 1.29 is 34.1 Å². The Labute approximate surface area is 193 Å². The number of benzene rings is 1. The fourth-order valence-electron chi connectivity index (χ4n) is 3.01. The van der Waals surface area contributed by atoms with Gasteiger partial charge in [-0.25, -0.2) is 0 Å². The van der Waals surface area contributed by atoms with E-state index in [9.17, 15) is 24.8 Å². The van der Waals surface area contributed by atoms with Crippen LogP contribution in [0, 0.1) is 30.9 Å². The van der Waals surface area contributed by atoms with Gasteiger partial charge < -0.3 is 30.1 Å². The molecule has 0 spiro atoms. The molecular weight excluding hydrogens is 434 g/mol. The zero-order chi connectivity index (χ0) is 25.3. The van der Waals surface area contributed by atoms with Crippen molar-refractivity contribution in [3.05, 3.63) is 32.9 Å². The van der Waals surface area contributed by atoms with Crippen molar-refractivity contribution in [3.8, 4) is 11.5 Å². The van der Waals surface area contributed by atoms with Crippen LogP contribution in [0.25, 0.3) is 0 Å². The summed E-state index contributed by atoms with van der Waals surface area (Å²) in [7, 11) is 0. The second kappa shape index (κ2) is 12.4. The van der Waals surface area contributed by atoms with E-state index in [2.05, 4.69) is 15.5 Å². The highest BCUT2D eigenvalue weighted by Crippen LogP contribution is 2.33. The largest absolute Gasteiger partial charge is 0.491 e. The number of hydrogen-bond acceptors (Lipinski definition) is 9. The van der Waals surface area contributed by atoms with E-state index in [0.29, 0.717) is 11.5 Å². The predicted molar refractivity (Wildman–Crippen MR) is 121 cm³/mol. The van der Waals surface area contributed by atoms with E-state index in [0.717, 1.165) is 16.7 Å². The molecule has 0 aliphatic carbocycles. The molecule has 3 N–H and O–H groups in total. The summed E-state index contributed by atoms with van der Waals surface area (Å²) >= 11 is 0. The van der Waals surface area contributed by atoms with Gasteiger partial charge in [0.05, 0.1) is 6.42 Å². The molecule has 0 fully saturated rings. The van der Waals surface area contributed by atoms with E-state index in [1.165, 1.54) is 13.8 Å². The van der Waals surface area contributed by atoms with Crippen molar-refractivity contribution >= 4 is 11.9 Å². The van der Waals surface area contributed by atoms with E-state index >= 15 is 0 Å². The van der Waals surface area contributed by atoms with Crippen LogP contribution in [0.1, 0.15) is 50.8 Å². The Bertz CT molecular complexity index is 857. The number of hydrogen-bond donors (Lipinski definition) is 3. The second-order valence-electron chi connectivity index (χ2n) is 8.71. The summed E-state index contributed by atoms with van der Waals surface area (Å²) < 4.78 is 11.1. The molecule has 0 heterocycles. The van der Waals surface area contributed by atoms with Crippen molar-refractivity contribution in [1.29, 1.82) is 0 Å². The number of ether oxygens (including phenoxy) is 2. The molecular formula is C22H35N3O8. The molecule has 186 valence electrons. The van der Waals surface area contributed by atoms with Crippen LogP contribution >= 0.6 is 0 Å². The Morgan fingerprint density at radius 3 is 2.45 bits per heavy atom. The maximum Gasteiger partial charge on any atom is 0.308 e. The predicted octanol–water partition coefficient (Wildman–Crippen LogP) is 1.75.